The van der Waals surface area contributed by atoms with E-state index in [2.05, 4.69) is 0 Å². The monoisotopic (exact) mass is 304 g/mol. The topological polar surface area (TPSA) is 209 Å². The molecule has 0 aliphatic heterocycles. The number of aliphatic hydroxyl groups is 1. The summed E-state index contributed by atoms with van der Waals surface area (Å²) in [6.45, 7) is 0. The Morgan fingerprint density at radius 1 is 0.667 bits per heavy atom. The standard InChI is InChI=1S/CH4O.3ClH.Co.6H2O/c1-2;;;;;;;;;;/h2H,1H3;3*1H;;6*1H2/q;;;;+3;;;;;;/p-3. The van der Waals surface area contributed by atoms with E-state index in [1.165, 1.54) is 0 Å². The summed E-state index contributed by atoms with van der Waals surface area (Å²) in [6, 6.07) is 0. The molecular formula is CH16Cl3CoO7. The first kappa shape index (κ1) is 73.8. The molecule has 0 aromatic rings. The SMILES string of the molecule is CO.O.O.O.O.O.O.[Cl][Co]([Cl])[Cl]. The Bertz CT molecular complexity index is 23.4. The van der Waals surface area contributed by atoms with E-state index in [9.17, 15) is 0 Å². The number of aliphatic hydroxyl groups excluding tert-OH is 1. The fourth-order valence-electron chi connectivity index (χ4n) is 0. The second-order valence-electron chi connectivity index (χ2n) is 0.143. The summed E-state index contributed by atoms with van der Waals surface area (Å²) < 4.78 is 0. The van der Waals surface area contributed by atoms with Crippen molar-refractivity contribution in [1.29, 1.82) is 0 Å². The Morgan fingerprint density at radius 3 is 0.667 bits per heavy atom. The van der Waals surface area contributed by atoms with E-state index >= 15 is 0 Å². The third kappa shape index (κ3) is 941. The Labute approximate surface area is 86.6 Å². The van der Waals surface area contributed by atoms with Gasteiger partial charge in [-0.3, -0.25) is 0 Å². The van der Waals surface area contributed by atoms with Gasteiger partial charge in [-0.05, 0) is 0 Å². The molecule has 11 heteroatoms. The molecule has 0 aromatic heterocycles. The fraction of sp³-hybridized carbons (Fsp3) is 1.00. The Hall–Kier alpha value is 1.10. The summed E-state index contributed by atoms with van der Waals surface area (Å²) in [5.74, 6) is 0. The predicted molar refractivity (Wildman–Crippen MR) is 47.4 cm³/mol. The molecule has 12 heavy (non-hydrogen) atoms. The van der Waals surface area contributed by atoms with E-state index in [-0.39, 0.29) is 32.9 Å². The number of rotatable bonds is 0. The summed E-state index contributed by atoms with van der Waals surface area (Å²) in [6.07, 6.45) is 0. The van der Waals surface area contributed by atoms with E-state index in [4.69, 9.17) is 35.5 Å². The Morgan fingerprint density at radius 2 is 0.667 bits per heavy atom. The number of hydrogen-bond acceptors (Lipinski definition) is 1. The van der Waals surface area contributed by atoms with Gasteiger partial charge >= 0.3 is 41.4 Å². The van der Waals surface area contributed by atoms with Gasteiger partial charge < -0.3 is 38.0 Å². The first-order valence-electron chi connectivity index (χ1n) is 0.825. The van der Waals surface area contributed by atoms with Crippen molar-refractivity contribution in [3.05, 3.63) is 0 Å². The normalized spacial score (nSPS) is 4.25. The summed E-state index contributed by atoms with van der Waals surface area (Å²) in [4.78, 5) is 0. The summed E-state index contributed by atoms with van der Waals surface area (Å²) >= 11 is 0. The van der Waals surface area contributed by atoms with Gasteiger partial charge in [-0.2, -0.15) is 0 Å². The molecule has 0 radical (unpaired) electrons. The van der Waals surface area contributed by atoms with Gasteiger partial charge in [0, 0.05) is 7.11 Å². The average Bonchev–Trinajstić information content (AvgIpc) is 1.41. The van der Waals surface area contributed by atoms with Crippen LogP contribution in [0.4, 0.5) is 0 Å². The van der Waals surface area contributed by atoms with Gasteiger partial charge in [0.2, 0.25) is 0 Å². The van der Waals surface area contributed by atoms with Crippen LogP contribution in [0.15, 0.2) is 0 Å². The van der Waals surface area contributed by atoms with E-state index in [1.807, 2.05) is 0 Å². The molecule has 0 aliphatic rings. The van der Waals surface area contributed by atoms with Crippen LogP contribution in [0.1, 0.15) is 0 Å². The van der Waals surface area contributed by atoms with Gasteiger partial charge in [0.1, 0.15) is 0 Å². The van der Waals surface area contributed by atoms with Crippen LogP contribution in [-0.4, -0.2) is 45.1 Å². The van der Waals surface area contributed by atoms with E-state index in [1.54, 1.807) is 0 Å². The van der Waals surface area contributed by atoms with Crippen LogP contribution < -0.4 is 0 Å². The molecular weight excluding hydrogens is 289 g/mol. The molecule has 0 fully saturated rings. The van der Waals surface area contributed by atoms with Crippen molar-refractivity contribution < 1.29 is 48.9 Å². The van der Waals surface area contributed by atoms with E-state index in [0.717, 1.165) is 7.11 Å². The van der Waals surface area contributed by atoms with Crippen LogP contribution in [0.5, 0.6) is 0 Å². The van der Waals surface area contributed by atoms with Crippen molar-refractivity contribution in [2.24, 2.45) is 0 Å². The summed E-state index contributed by atoms with van der Waals surface area (Å²) in [5.41, 5.74) is 0. The molecule has 0 bridgehead atoms. The van der Waals surface area contributed by atoms with Crippen LogP contribution in [-0.2, 0) is 10.9 Å². The maximum absolute atomic E-state index is 7.00. The van der Waals surface area contributed by atoms with Crippen LogP contribution in [0.3, 0.4) is 0 Å². The Kier molecular flexibility index (Phi) is 546. The Balaban J connectivity index is -0.00000000317. The molecule has 7 nitrogen and oxygen atoms in total. The quantitative estimate of drug-likeness (QED) is 0.479. The van der Waals surface area contributed by atoms with Gasteiger partial charge in [0.25, 0.3) is 0 Å². The van der Waals surface area contributed by atoms with Crippen LogP contribution in [0.25, 0.3) is 0 Å². The van der Waals surface area contributed by atoms with Crippen molar-refractivity contribution in [3.8, 4) is 0 Å². The molecule has 92 valence electrons. The summed E-state index contributed by atoms with van der Waals surface area (Å²) in [7, 11) is 14.4. The van der Waals surface area contributed by atoms with Crippen molar-refractivity contribution in [2.75, 3.05) is 7.11 Å². The van der Waals surface area contributed by atoms with Crippen molar-refractivity contribution >= 4 is 30.4 Å². The summed E-state index contributed by atoms with van der Waals surface area (Å²) in [5, 5.41) is 7.00. The first-order chi connectivity index (χ1) is 2.73. The predicted octanol–water partition coefficient (Wildman–Crippen LogP) is -3.27. The maximum atomic E-state index is 7.00. The second kappa shape index (κ2) is 88.8. The molecule has 0 aliphatic carbocycles. The molecule has 0 spiro atoms. The molecule has 0 atom stereocenters. The van der Waals surface area contributed by atoms with Gasteiger partial charge in [-0.15, -0.1) is 0 Å². The fourth-order valence-corrected chi connectivity index (χ4v) is 0. The number of halogens is 3. The third-order valence-corrected chi connectivity index (χ3v) is 0. The van der Waals surface area contributed by atoms with Crippen molar-refractivity contribution in [3.63, 3.8) is 0 Å². The van der Waals surface area contributed by atoms with Crippen LogP contribution in [0, 0.1) is 0 Å². The van der Waals surface area contributed by atoms with Gasteiger partial charge in [-0.25, -0.2) is 0 Å². The minimum atomic E-state index is -1.19. The molecule has 0 saturated carbocycles. The van der Waals surface area contributed by atoms with Crippen molar-refractivity contribution in [2.45, 2.75) is 0 Å². The van der Waals surface area contributed by atoms with Gasteiger partial charge in [-0.1, -0.05) is 0 Å². The molecule has 0 saturated heterocycles. The molecule has 0 aromatic carbocycles. The van der Waals surface area contributed by atoms with Crippen LogP contribution in [0.2, 0.25) is 0 Å². The molecule has 0 rings (SSSR count). The van der Waals surface area contributed by atoms with Gasteiger partial charge in [0.05, 0.1) is 0 Å². The average molecular weight is 305 g/mol. The van der Waals surface area contributed by atoms with Crippen molar-refractivity contribution in [1.82, 2.24) is 0 Å². The minimum absolute atomic E-state index is 0. The molecule has 0 unspecified atom stereocenters. The second-order valence-corrected chi connectivity index (χ2v) is 5.30. The third-order valence-electron chi connectivity index (χ3n) is 0. The van der Waals surface area contributed by atoms with E-state index in [0.29, 0.717) is 0 Å². The zero-order valence-corrected chi connectivity index (χ0v) is 9.22. The first-order valence-corrected chi connectivity index (χ1v) is 5.12. The zero-order chi connectivity index (χ0) is 5.58. The number of hydrogen-bond donors (Lipinski definition) is 1. The van der Waals surface area contributed by atoms with E-state index < -0.39 is 10.9 Å². The molecule has 0 heterocycles. The van der Waals surface area contributed by atoms with Gasteiger partial charge in [0.15, 0.2) is 0 Å². The molecule has 0 amide bonds. The molecule has 13 N–H and O–H groups in total. The van der Waals surface area contributed by atoms with Crippen LogP contribution >= 0.6 is 30.4 Å². The zero-order valence-electron chi connectivity index (χ0n) is 5.91.